The van der Waals surface area contributed by atoms with Crippen LogP contribution in [0.5, 0.6) is 5.88 Å². The maximum atomic E-state index is 14.4. The second-order valence-electron chi connectivity index (χ2n) is 11.4. The summed E-state index contributed by atoms with van der Waals surface area (Å²) in [7, 11) is 0. The van der Waals surface area contributed by atoms with Crippen LogP contribution in [0.3, 0.4) is 0 Å². The van der Waals surface area contributed by atoms with E-state index < -0.39 is 17.8 Å². The fourth-order valence-electron chi connectivity index (χ4n) is 6.54. The van der Waals surface area contributed by atoms with Crippen LogP contribution in [0.4, 0.5) is 4.39 Å². The zero-order valence-electron chi connectivity index (χ0n) is 23.0. The molecule has 1 aromatic heterocycles. The van der Waals surface area contributed by atoms with Crippen molar-refractivity contribution in [2.24, 2.45) is 5.92 Å². The topological polar surface area (TPSA) is 104 Å². The first-order valence-corrected chi connectivity index (χ1v) is 14.5. The Morgan fingerprint density at radius 2 is 1.88 bits per heavy atom. The number of pyridine rings is 1. The van der Waals surface area contributed by atoms with E-state index in [2.05, 4.69) is 15.2 Å². The lowest BCUT2D eigenvalue weighted by Crippen LogP contribution is -2.59. The van der Waals surface area contributed by atoms with Gasteiger partial charge in [0.25, 0.3) is 11.8 Å². The first-order chi connectivity index (χ1) is 20.0. The molecule has 0 radical (unpaired) electrons. The molecule has 3 amide bonds. The molecule has 3 aliphatic heterocycles. The van der Waals surface area contributed by atoms with Crippen LogP contribution in [-0.4, -0.2) is 108 Å². The summed E-state index contributed by atoms with van der Waals surface area (Å²) in [6.07, 6.45) is 6.18. The van der Waals surface area contributed by atoms with E-state index in [1.807, 2.05) is 0 Å². The van der Waals surface area contributed by atoms with Gasteiger partial charge in [-0.1, -0.05) is 25.0 Å². The molecule has 1 N–H and O–H groups in total. The SMILES string of the molecule is O=C1N[C@@H]2CN(CC3CCCC3)C[C@@H]2OCC(=O)N2CCN(C(=O)c3ccccc3F)C[C@H]2COc2ncccc21. The van der Waals surface area contributed by atoms with Crippen LogP contribution in [0.15, 0.2) is 42.6 Å². The average molecular weight is 566 g/mol. The summed E-state index contributed by atoms with van der Waals surface area (Å²) in [6.45, 7) is 2.77. The number of likely N-dealkylation sites (tertiary alicyclic amines) is 1. The van der Waals surface area contributed by atoms with Crippen LogP contribution in [0.25, 0.3) is 0 Å². The van der Waals surface area contributed by atoms with Crippen molar-refractivity contribution in [1.29, 1.82) is 0 Å². The maximum Gasteiger partial charge on any atom is 0.257 e. The summed E-state index contributed by atoms with van der Waals surface area (Å²) in [5.74, 6) is -0.739. The normalized spacial score (nSPS) is 26.1. The van der Waals surface area contributed by atoms with E-state index in [1.165, 1.54) is 48.8 Å². The second-order valence-corrected chi connectivity index (χ2v) is 11.4. The third kappa shape index (κ3) is 6.06. The number of aromatic nitrogens is 1. The van der Waals surface area contributed by atoms with E-state index in [0.29, 0.717) is 24.6 Å². The molecule has 218 valence electrons. The molecule has 4 heterocycles. The number of halogens is 1. The molecule has 10 nitrogen and oxygen atoms in total. The summed E-state index contributed by atoms with van der Waals surface area (Å²) in [5, 5.41) is 3.11. The van der Waals surface area contributed by atoms with Crippen molar-refractivity contribution in [3.8, 4) is 5.88 Å². The van der Waals surface area contributed by atoms with E-state index in [0.717, 1.165) is 6.54 Å². The highest BCUT2D eigenvalue weighted by molar-refractivity contribution is 5.96. The van der Waals surface area contributed by atoms with Gasteiger partial charge < -0.3 is 24.6 Å². The molecule has 11 heteroatoms. The van der Waals surface area contributed by atoms with E-state index in [9.17, 15) is 18.8 Å². The number of hydrogen-bond donors (Lipinski definition) is 1. The van der Waals surface area contributed by atoms with Gasteiger partial charge >= 0.3 is 0 Å². The second kappa shape index (κ2) is 12.1. The predicted octanol–water partition coefficient (Wildman–Crippen LogP) is 1.96. The molecule has 1 saturated carbocycles. The van der Waals surface area contributed by atoms with Crippen molar-refractivity contribution in [2.75, 3.05) is 52.5 Å². The molecule has 0 unspecified atom stereocenters. The highest BCUT2D eigenvalue weighted by Crippen LogP contribution is 2.28. The number of carbonyl (C=O) groups excluding carboxylic acids is 3. The van der Waals surface area contributed by atoms with Crippen LogP contribution in [0, 0.1) is 11.7 Å². The Kier molecular flexibility index (Phi) is 8.16. The Hall–Kier alpha value is -3.57. The lowest BCUT2D eigenvalue weighted by Gasteiger charge is -2.41. The summed E-state index contributed by atoms with van der Waals surface area (Å²) in [4.78, 5) is 49.9. The highest BCUT2D eigenvalue weighted by Gasteiger charge is 2.39. The molecule has 0 spiro atoms. The molecule has 41 heavy (non-hydrogen) atoms. The fourth-order valence-corrected chi connectivity index (χ4v) is 6.54. The molecule has 2 saturated heterocycles. The van der Waals surface area contributed by atoms with Crippen LogP contribution in [-0.2, 0) is 9.53 Å². The molecule has 4 aliphatic rings. The lowest BCUT2D eigenvalue weighted by molar-refractivity contribution is -0.143. The third-order valence-corrected chi connectivity index (χ3v) is 8.69. The first-order valence-electron chi connectivity index (χ1n) is 14.5. The summed E-state index contributed by atoms with van der Waals surface area (Å²) < 4.78 is 26.6. The number of nitrogens with one attached hydrogen (secondary N) is 1. The van der Waals surface area contributed by atoms with Gasteiger partial charge in [-0.3, -0.25) is 19.3 Å². The zero-order chi connectivity index (χ0) is 28.3. The Labute approximate surface area is 238 Å². The molecule has 0 bridgehead atoms. The molecule has 3 atom stereocenters. The summed E-state index contributed by atoms with van der Waals surface area (Å²) in [5.41, 5.74) is 0.284. The quantitative estimate of drug-likeness (QED) is 0.607. The van der Waals surface area contributed by atoms with Gasteiger partial charge in [0.2, 0.25) is 11.8 Å². The summed E-state index contributed by atoms with van der Waals surface area (Å²) >= 11 is 0. The monoisotopic (exact) mass is 565 g/mol. The number of benzene rings is 1. The smallest absolute Gasteiger partial charge is 0.257 e. The number of fused-ring (bicyclic) bond motifs is 3. The van der Waals surface area contributed by atoms with Crippen molar-refractivity contribution >= 4 is 17.7 Å². The molecule has 1 aliphatic carbocycles. The average Bonchev–Trinajstić information content (AvgIpc) is 3.64. The number of piperazine rings is 1. The Morgan fingerprint density at radius 1 is 1.05 bits per heavy atom. The Bertz CT molecular complexity index is 1290. The number of rotatable bonds is 3. The highest BCUT2D eigenvalue weighted by atomic mass is 19.1. The van der Waals surface area contributed by atoms with Crippen LogP contribution >= 0.6 is 0 Å². The number of amides is 3. The van der Waals surface area contributed by atoms with Crippen molar-refractivity contribution in [1.82, 2.24) is 25.0 Å². The maximum absolute atomic E-state index is 14.4. The van der Waals surface area contributed by atoms with Gasteiger partial charge in [-0.05, 0) is 43.0 Å². The van der Waals surface area contributed by atoms with Crippen LogP contribution < -0.4 is 10.1 Å². The molecule has 6 rings (SSSR count). The molecular weight excluding hydrogens is 529 g/mol. The van der Waals surface area contributed by atoms with E-state index in [-0.39, 0.29) is 68.3 Å². The Balaban J connectivity index is 1.23. The van der Waals surface area contributed by atoms with Gasteiger partial charge in [-0.2, -0.15) is 0 Å². The van der Waals surface area contributed by atoms with E-state index in [1.54, 1.807) is 29.3 Å². The number of ether oxygens (including phenoxy) is 2. The van der Waals surface area contributed by atoms with Crippen LogP contribution in [0.1, 0.15) is 46.4 Å². The third-order valence-electron chi connectivity index (χ3n) is 8.69. The van der Waals surface area contributed by atoms with Crippen molar-refractivity contribution in [3.05, 3.63) is 59.5 Å². The molecule has 1 aromatic carbocycles. The molecular formula is C30H36FN5O5. The van der Waals surface area contributed by atoms with E-state index >= 15 is 0 Å². The lowest BCUT2D eigenvalue weighted by atomic mass is 10.1. The number of carbonyl (C=O) groups is 3. The van der Waals surface area contributed by atoms with E-state index in [4.69, 9.17) is 9.47 Å². The van der Waals surface area contributed by atoms with Gasteiger partial charge in [0.05, 0.1) is 23.8 Å². The largest absolute Gasteiger partial charge is 0.475 e. The minimum atomic E-state index is -0.590. The first kappa shape index (κ1) is 27.6. The Morgan fingerprint density at radius 3 is 2.71 bits per heavy atom. The minimum absolute atomic E-state index is 0.00606. The molecule has 2 aromatic rings. The summed E-state index contributed by atoms with van der Waals surface area (Å²) in [6, 6.07) is 8.39. The van der Waals surface area contributed by atoms with Gasteiger partial charge in [-0.25, -0.2) is 9.37 Å². The van der Waals surface area contributed by atoms with Gasteiger partial charge in [0.1, 0.15) is 24.6 Å². The standard InChI is InChI=1S/C30H36FN5O5/c31-24-10-4-3-8-22(24)30(39)35-12-13-36-21(15-35)18-41-29-23(9-5-11-32-29)28(38)33-25-16-34(14-20-6-1-2-7-20)17-26(25)40-19-27(36)37/h3-5,8-11,20-21,25-26H,1-2,6-7,12-19H2,(H,33,38)/t21-,25+,26-/m0/s1. The predicted molar refractivity (Wildman–Crippen MR) is 147 cm³/mol. The number of nitrogens with zero attached hydrogens (tertiary/aromatic N) is 4. The van der Waals surface area contributed by atoms with Crippen molar-refractivity contribution in [2.45, 2.75) is 43.9 Å². The minimum Gasteiger partial charge on any atom is -0.475 e. The van der Waals surface area contributed by atoms with Crippen molar-refractivity contribution in [3.63, 3.8) is 0 Å². The van der Waals surface area contributed by atoms with Crippen LogP contribution in [0.2, 0.25) is 0 Å². The van der Waals surface area contributed by atoms with Gasteiger partial charge in [0.15, 0.2) is 0 Å². The van der Waals surface area contributed by atoms with Crippen molar-refractivity contribution < 1.29 is 28.2 Å². The van der Waals surface area contributed by atoms with Gasteiger partial charge in [-0.15, -0.1) is 0 Å². The zero-order valence-corrected chi connectivity index (χ0v) is 23.0. The van der Waals surface area contributed by atoms with Gasteiger partial charge in [0, 0.05) is 45.5 Å². The molecule has 3 fully saturated rings. The number of hydrogen-bond acceptors (Lipinski definition) is 7. The fraction of sp³-hybridized carbons (Fsp3) is 0.533.